The Morgan fingerprint density at radius 1 is 1.21 bits per heavy atom. The fourth-order valence-electron chi connectivity index (χ4n) is 2.82. The monoisotopic (exact) mass is 195 g/mol. The molecule has 0 aromatic heterocycles. The average molecular weight is 195 g/mol. The first kappa shape index (κ1) is 10.0. The summed E-state index contributed by atoms with van der Waals surface area (Å²) in [4.78, 5) is 11.0. The van der Waals surface area contributed by atoms with Crippen LogP contribution in [0.1, 0.15) is 51.9 Å². The molecule has 2 heteroatoms. The highest BCUT2D eigenvalue weighted by atomic mass is 16.1. The molecule has 0 spiro atoms. The van der Waals surface area contributed by atoms with Gasteiger partial charge < -0.3 is 5.32 Å². The second kappa shape index (κ2) is 4.33. The Balaban J connectivity index is 1.72. The number of hydrogen-bond acceptors (Lipinski definition) is 1. The lowest BCUT2D eigenvalue weighted by atomic mass is 9.80. The van der Waals surface area contributed by atoms with E-state index in [-0.39, 0.29) is 5.91 Å². The van der Waals surface area contributed by atoms with Crippen molar-refractivity contribution in [3.05, 3.63) is 0 Å². The highest BCUT2D eigenvalue weighted by molar-refractivity contribution is 5.78. The standard InChI is InChI=1S/C12H21NO/c1-9-2-4-10(5-3-9)8-11-6-7-12(14)13-11/h9-11H,2-8H2,1H3,(H,13,14). The lowest BCUT2D eigenvalue weighted by Crippen LogP contribution is -2.28. The van der Waals surface area contributed by atoms with Crippen molar-refractivity contribution in [3.8, 4) is 0 Å². The van der Waals surface area contributed by atoms with Gasteiger partial charge in [0.2, 0.25) is 5.91 Å². The van der Waals surface area contributed by atoms with Gasteiger partial charge in [0, 0.05) is 12.5 Å². The molecule has 0 aromatic carbocycles. The molecule has 2 nitrogen and oxygen atoms in total. The van der Waals surface area contributed by atoms with Crippen LogP contribution in [0.5, 0.6) is 0 Å². The van der Waals surface area contributed by atoms with Crippen molar-refractivity contribution >= 4 is 5.91 Å². The Bertz CT molecular complexity index is 206. The maximum Gasteiger partial charge on any atom is 0.220 e. The van der Waals surface area contributed by atoms with Gasteiger partial charge >= 0.3 is 0 Å². The van der Waals surface area contributed by atoms with Gasteiger partial charge in [0.1, 0.15) is 0 Å². The summed E-state index contributed by atoms with van der Waals surface area (Å²) in [6, 6.07) is 0.501. The Morgan fingerprint density at radius 2 is 1.93 bits per heavy atom. The molecule has 1 amide bonds. The smallest absolute Gasteiger partial charge is 0.220 e. The quantitative estimate of drug-likeness (QED) is 0.720. The summed E-state index contributed by atoms with van der Waals surface area (Å²) in [7, 11) is 0. The zero-order chi connectivity index (χ0) is 9.97. The molecule has 14 heavy (non-hydrogen) atoms. The van der Waals surface area contributed by atoms with E-state index in [4.69, 9.17) is 0 Å². The Labute approximate surface area is 86.5 Å². The molecule has 1 aliphatic heterocycles. The second-order valence-corrected chi connectivity index (χ2v) is 5.16. The number of carbonyl (C=O) groups is 1. The minimum Gasteiger partial charge on any atom is -0.353 e. The van der Waals surface area contributed by atoms with Crippen molar-refractivity contribution in [3.63, 3.8) is 0 Å². The topological polar surface area (TPSA) is 29.1 Å². The third kappa shape index (κ3) is 2.49. The van der Waals surface area contributed by atoms with E-state index in [1.54, 1.807) is 0 Å². The molecular weight excluding hydrogens is 174 g/mol. The van der Waals surface area contributed by atoms with Crippen molar-refractivity contribution < 1.29 is 4.79 Å². The number of nitrogens with one attached hydrogen (secondary N) is 1. The van der Waals surface area contributed by atoms with Gasteiger partial charge in [-0.1, -0.05) is 32.6 Å². The van der Waals surface area contributed by atoms with E-state index in [0.717, 1.165) is 24.7 Å². The molecule has 80 valence electrons. The van der Waals surface area contributed by atoms with Crippen molar-refractivity contribution in [2.24, 2.45) is 11.8 Å². The summed E-state index contributed by atoms with van der Waals surface area (Å²) < 4.78 is 0. The Hall–Kier alpha value is -0.530. The zero-order valence-corrected chi connectivity index (χ0v) is 9.09. The first-order valence-electron chi connectivity index (χ1n) is 6.03. The molecule has 1 saturated heterocycles. The van der Waals surface area contributed by atoms with E-state index in [1.807, 2.05) is 0 Å². The van der Waals surface area contributed by atoms with Crippen molar-refractivity contribution in [2.45, 2.75) is 57.9 Å². The highest BCUT2D eigenvalue weighted by Crippen LogP contribution is 2.32. The largest absolute Gasteiger partial charge is 0.353 e. The van der Waals surface area contributed by atoms with E-state index in [0.29, 0.717) is 6.04 Å². The molecule has 1 N–H and O–H groups in total. The van der Waals surface area contributed by atoms with Gasteiger partial charge in [-0.3, -0.25) is 4.79 Å². The number of carbonyl (C=O) groups excluding carboxylic acids is 1. The Kier molecular flexibility index (Phi) is 3.09. The SMILES string of the molecule is CC1CCC(CC2CCC(=O)N2)CC1. The number of rotatable bonds is 2. The minimum absolute atomic E-state index is 0.263. The van der Waals surface area contributed by atoms with E-state index in [1.165, 1.54) is 32.1 Å². The normalized spacial score (nSPS) is 38.4. The van der Waals surface area contributed by atoms with Crippen LogP contribution in [0.2, 0.25) is 0 Å². The summed E-state index contributed by atoms with van der Waals surface area (Å²) in [6.45, 7) is 2.35. The molecule has 2 aliphatic rings. The maximum atomic E-state index is 11.0. The van der Waals surface area contributed by atoms with Crippen molar-refractivity contribution in [1.29, 1.82) is 0 Å². The molecule has 2 rings (SSSR count). The molecule has 0 aromatic rings. The van der Waals surface area contributed by atoms with Crippen LogP contribution >= 0.6 is 0 Å². The molecule has 1 saturated carbocycles. The van der Waals surface area contributed by atoms with Crippen molar-refractivity contribution in [2.75, 3.05) is 0 Å². The van der Waals surface area contributed by atoms with Gasteiger partial charge in [0.15, 0.2) is 0 Å². The van der Waals surface area contributed by atoms with Crippen LogP contribution < -0.4 is 5.32 Å². The fraction of sp³-hybridized carbons (Fsp3) is 0.917. The first-order valence-corrected chi connectivity index (χ1v) is 6.03. The third-order valence-corrected chi connectivity index (χ3v) is 3.84. The molecule has 1 aliphatic carbocycles. The van der Waals surface area contributed by atoms with Crippen molar-refractivity contribution in [1.82, 2.24) is 5.32 Å². The average Bonchev–Trinajstić information content (AvgIpc) is 2.56. The van der Waals surface area contributed by atoms with Gasteiger partial charge in [-0.05, 0) is 24.7 Å². The van der Waals surface area contributed by atoms with Gasteiger partial charge in [-0.15, -0.1) is 0 Å². The summed E-state index contributed by atoms with van der Waals surface area (Å²) in [5, 5.41) is 3.07. The van der Waals surface area contributed by atoms with E-state index in [9.17, 15) is 4.79 Å². The predicted molar refractivity (Wildman–Crippen MR) is 56.9 cm³/mol. The van der Waals surface area contributed by atoms with Crippen LogP contribution in [0, 0.1) is 11.8 Å². The minimum atomic E-state index is 0.263. The van der Waals surface area contributed by atoms with E-state index in [2.05, 4.69) is 12.2 Å². The highest BCUT2D eigenvalue weighted by Gasteiger charge is 2.26. The summed E-state index contributed by atoms with van der Waals surface area (Å²) in [5.41, 5.74) is 0. The first-order chi connectivity index (χ1) is 6.74. The predicted octanol–water partition coefficient (Wildman–Crippen LogP) is 2.48. The molecular formula is C12H21NO. The number of amides is 1. The fourth-order valence-corrected chi connectivity index (χ4v) is 2.82. The summed E-state index contributed by atoms with van der Waals surface area (Å²) in [6.07, 6.45) is 8.62. The van der Waals surface area contributed by atoms with Crippen LogP contribution in [0.25, 0.3) is 0 Å². The lowest BCUT2D eigenvalue weighted by Gasteiger charge is -2.27. The van der Waals surface area contributed by atoms with Crippen LogP contribution in [0.3, 0.4) is 0 Å². The van der Waals surface area contributed by atoms with Crippen LogP contribution in [0.4, 0.5) is 0 Å². The summed E-state index contributed by atoms with van der Waals surface area (Å²) >= 11 is 0. The summed E-state index contributed by atoms with van der Waals surface area (Å²) in [5.74, 6) is 2.08. The van der Waals surface area contributed by atoms with E-state index < -0.39 is 0 Å². The van der Waals surface area contributed by atoms with Crippen LogP contribution in [0.15, 0.2) is 0 Å². The van der Waals surface area contributed by atoms with Crippen LogP contribution in [-0.4, -0.2) is 11.9 Å². The molecule has 1 atom stereocenters. The molecule has 0 bridgehead atoms. The molecule has 1 heterocycles. The molecule has 0 radical (unpaired) electrons. The van der Waals surface area contributed by atoms with Crippen LogP contribution in [-0.2, 0) is 4.79 Å². The van der Waals surface area contributed by atoms with Gasteiger partial charge in [-0.2, -0.15) is 0 Å². The van der Waals surface area contributed by atoms with Gasteiger partial charge in [0.05, 0.1) is 0 Å². The van der Waals surface area contributed by atoms with Gasteiger partial charge in [-0.25, -0.2) is 0 Å². The van der Waals surface area contributed by atoms with E-state index >= 15 is 0 Å². The van der Waals surface area contributed by atoms with Gasteiger partial charge in [0.25, 0.3) is 0 Å². The molecule has 2 fully saturated rings. The maximum absolute atomic E-state index is 11.0. The number of hydrogen-bond donors (Lipinski definition) is 1. The second-order valence-electron chi connectivity index (χ2n) is 5.16. The lowest BCUT2D eigenvalue weighted by molar-refractivity contribution is -0.119. The Morgan fingerprint density at radius 3 is 2.50 bits per heavy atom. The molecule has 1 unspecified atom stereocenters. The third-order valence-electron chi connectivity index (χ3n) is 3.84. The zero-order valence-electron chi connectivity index (χ0n) is 9.09.